The van der Waals surface area contributed by atoms with Gasteiger partial charge in [-0.15, -0.1) is 10.2 Å². The Morgan fingerprint density at radius 3 is 2.79 bits per heavy atom. The zero-order valence-corrected chi connectivity index (χ0v) is 14.4. The molecule has 24 heavy (non-hydrogen) atoms. The third kappa shape index (κ3) is 5.53. The molecule has 0 aliphatic carbocycles. The van der Waals surface area contributed by atoms with Crippen LogP contribution >= 0.6 is 0 Å². The lowest BCUT2D eigenvalue weighted by Gasteiger charge is -2.21. The van der Waals surface area contributed by atoms with Gasteiger partial charge in [0.15, 0.2) is 0 Å². The molecule has 1 heterocycles. The maximum absolute atomic E-state index is 12.3. The topological polar surface area (TPSA) is 63.1 Å². The van der Waals surface area contributed by atoms with Crippen LogP contribution in [-0.2, 0) is 13.5 Å². The van der Waals surface area contributed by atoms with Gasteiger partial charge in [-0.2, -0.15) is 0 Å². The van der Waals surface area contributed by atoms with E-state index in [0.717, 1.165) is 24.4 Å². The smallest absolute Gasteiger partial charge is 0.317 e. The first-order chi connectivity index (χ1) is 11.7. The molecule has 1 aromatic carbocycles. The summed E-state index contributed by atoms with van der Waals surface area (Å²) in [6.07, 6.45) is 7.32. The van der Waals surface area contributed by atoms with Crippen LogP contribution in [0.1, 0.15) is 24.7 Å². The average molecular weight is 327 g/mol. The quantitative estimate of drug-likeness (QED) is 0.810. The Kier molecular flexibility index (Phi) is 7.01. The van der Waals surface area contributed by atoms with Crippen molar-refractivity contribution in [3.63, 3.8) is 0 Å². The largest absolute Gasteiger partial charge is 0.338 e. The molecule has 0 unspecified atom stereocenters. The number of aryl methyl sites for hydroxylation is 1. The van der Waals surface area contributed by atoms with Crippen molar-refractivity contribution >= 4 is 12.1 Å². The summed E-state index contributed by atoms with van der Waals surface area (Å²) in [5, 5.41) is 10.8. The molecule has 2 rings (SSSR count). The molecule has 2 amide bonds. The van der Waals surface area contributed by atoms with E-state index in [4.69, 9.17) is 0 Å². The SMILES string of the molecule is CCCN(CC=Cc1ccccc1)C(=O)NCCc1nncn1C. The van der Waals surface area contributed by atoms with E-state index >= 15 is 0 Å². The number of carbonyl (C=O) groups is 1. The average Bonchev–Trinajstić information content (AvgIpc) is 3.00. The first-order valence-electron chi connectivity index (χ1n) is 8.28. The number of aromatic nitrogens is 3. The van der Waals surface area contributed by atoms with E-state index in [-0.39, 0.29) is 6.03 Å². The Labute approximate surface area is 143 Å². The number of amides is 2. The highest BCUT2D eigenvalue weighted by molar-refractivity contribution is 5.74. The number of benzene rings is 1. The van der Waals surface area contributed by atoms with Crippen molar-refractivity contribution in [1.29, 1.82) is 0 Å². The van der Waals surface area contributed by atoms with Crippen molar-refractivity contribution < 1.29 is 4.79 Å². The van der Waals surface area contributed by atoms with E-state index in [1.54, 1.807) is 6.33 Å². The maximum atomic E-state index is 12.3. The second kappa shape index (κ2) is 9.50. The molecule has 6 heteroatoms. The number of hydrogen-bond acceptors (Lipinski definition) is 3. The van der Waals surface area contributed by atoms with Crippen molar-refractivity contribution in [2.24, 2.45) is 7.05 Å². The lowest BCUT2D eigenvalue weighted by Crippen LogP contribution is -2.41. The van der Waals surface area contributed by atoms with E-state index in [2.05, 4.69) is 22.4 Å². The van der Waals surface area contributed by atoms with Gasteiger partial charge < -0.3 is 14.8 Å². The maximum Gasteiger partial charge on any atom is 0.317 e. The summed E-state index contributed by atoms with van der Waals surface area (Å²) in [6.45, 7) is 3.95. The van der Waals surface area contributed by atoms with Crippen LogP contribution in [0.2, 0.25) is 0 Å². The highest BCUT2D eigenvalue weighted by Crippen LogP contribution is 2.02. The van der Waals surface area contributed by atoms with Crippen molar-refractivity contribution in [3.05, 3.63) is 54.1 Å². The van der Waals surface area contributed by atoms with Gasteiger partial charge in [-0.05, 0) is 12.0 Å². The minimum Gasteiger partial charge on any atom is -0.338 e. The summed E-state index contributed by atoms with van der Waals surface area (Å²) in [6, 6.07) is 10.0. The molecule has 2 aromatic rings. The summed E-state index contributed by atoms with van der Waals surface area (Å²) < 4.78 is 1.86. The second-order valence-electron chi connectivity index (χ2n) is 5.60. The van der Waals surface area contributed by atoms with E-state index in [1.165, 1.54) is 0 Å². The van der Waals surface area contributed by atoms with Gasteiger partial charge in [0, 0.05) is 33.1 Å². The Hall–Kier alpha value is -2.63. The third-order valence-corrected chi connectivity index (χ3v) is 3.65. The van der Waals surface area contributed by atoms with Gasteiger partial charge in [0.2, 0.25) is 0 Å². The van der Waals surface area contributed by atoms with Crippen LogP contribution < -0.4 is 5.32 Å². The fourth-order valence-corrected chi connectivity index (χ4v) is 2.35. The van der Waals surface area contributed by atoms with E-state index < -0.39 is 0 Å². The Balaban J connectivity index is 1.81. The number of nitrogens with one attached hydrogen (secondary N) is 1. The molecule has 0 aliphatic heterocycles. The monoisotopic (exact) mass is 327 g/mol. The fraction of sp³-hybridized carbons (Fsp3) is 0.389. The Morgan fingerprint density at radius 1 is 1.33 bits per heavy atom. The summed E-state index contributed by atoms with van der Waals surface area (Å²) in [4.78, 5) is 14.1. The fourth-order valence-electron chi connectivity index (χ4n) is 2.35. The predicted octanol–water partition coefficient (Wildman–Crippen LogP) is 2.49. The van der Waals surface area contributed by atoms with Crippen molar-refractivity contribution in [2.45, 2.75) is 19.8 Å². The van der Waals surface area contributed by atoms with Crippen LogP contribution in [-0.4, -0.2) is 45.3 Å². The summed E-state index contributed by atoms with van der Waals surface area (Å²) in [5.74, 6) is 0.862. The van der Waals surface area contributed by atoms with Gasteiger partial charge in [-0.25, -0.2) is 4.79 Å². The van der Waals surface area contributed by atoms with Crippen molar-refractivity contribution in [3.8, 4) is 0 Å². The van der Waals surface area contributed by atoms with Gasteiger partial charge in [-0.1, -0.05) is 49.4 Å². The van der Waals surface area contributed by atoms with Gasteiger partial charge in [0.1, 0.15) is 12.2 Å². The number of nitrogens with zero attached hydrogens (tertiary/aromatic N) is 4. The van der Waals surface area contributed by atoms with E-state index in [1.807, 2.05) is 59.0 Å². The zero-order valence-electron chi connectivity index (χ0n) is 14.4. The highest BCUT2D eigenvalue weighted by Gasteiger charge is 2.10. The van der Waals surface area contributed by atoms with Crippen molar-refractivity contribution in [2.75, 3.05) is 19.6 Å². The summed E-state index contributed by atoms with van der Waals surface area (Å²) in [5.41, 5.74) is 1.14. The van der Waals surface area contributed by atoms with Gasteiger partial charge in [0.25, 0.3) is 0 Å². The molecule has 0 radical (unpaired) electrons. The molecule has 6 nitrogen and oxygen atoms in total. The summed E-state index contributed by atoms with van der Waals surface area (Å²) in [7, 11) is 1.90. The molecule has 0 atom stereocenters. The van der Waals surface area contributed by atoms with E-state index in [0.29, 0.717) is 19.5 Å². The van der Waals surface area contributed by atoms with Crippen LogP contribution in [0.25, 0.3) is 6.08 Å². The minimum absolute atomic E-state index is 0.0447. The number of carbonyl (C=O) groups excluding carboxylic acids is 1. The molecule has 0 spiro atoms. The van der Waals surface area contributed by atoms with Gasteiger partial charge in [-0.3, -0.25) is 0 Å². The van der Waals surface area contributed by atoms with Crippen LogP contribution in [0, 0.1) is 0 Å². The molecule has 0 aliphatic rings. The molecule has 0 bridgehead atoms. The molecule has 128 valence electrons. The zero-order chi connectivity index (χ0) is 17.2. The third-order valence-electron chi connectivity index (χ3n) is 3.65. The molecule has 1 aromatic heterocycles. The van der Waals surface area contributed by atoms with Gasteiger partial charge >= 0.3 is 6.03 Å². The molecular formula is C18H25N5O. The van der Waals surface area contributed by atoms with Crippen LogP contribution in [0.3, 0.4) is 0 Å². The van der Waals surface area contributed by atoms with Gasteiger partial charge in [0.05, 0.1) is 0 Å². The standard InChI is InChI=1S/C18H25N5O/c1-3-13-23(14-7-10-16-8-5-4-6-9-16)18(24)19-12-11-17-21-20-15-22(17)2/h4-10,15H,3,11-14H2,1-2H3,(H,19,24). The molecule has 0 saturated heterocycles. The minimum atomic E-state index is -0.0447. The van der Waals surface area contributed by atoms with E-state index in [9.17, 15) is 4.79 Å². The van der Waals surface area contributed by atoms with Crippen LogP contribution in [0.5, 0.6) is 0 Å². The van der Waals surface area contributed by atoms with Crippen molar-refractivity contribution in [1.82, 2.24) is 25.0 Å². The molecular weight excluding hydrogens is 302 g/mol. The van der Waals surface area contributed by atoms with Crippen LogP contribution in [0.4, 0.5) is 4.79 Å². The first kappa shape index (κ1) is 17.7. The lowest BCUT2D eigenvalue weighted by molar-refractivity contribution is 0.203. The van der Waals surface area contributed by atoms with Crippen LogP contribution in [0.15, 0.2) is 42.7 Å². The Bertz CT molecular complexity index is 650. The normalized spacial score (nSPS) is 10.9. The first-order valence-corrected chi connectivity index (χ1v) is 8.28. The Morgan fingerprint density at radius 2 is 2.12 bits per heavy atom. The predicted molar refractivity (Wildman–Crippen MR) is 95.4 cm³/mol. The molecule has 0 saturated carbocycles. The lowest BCUT2D eigenvalue weighted by atomic mass is 10.2. The molecule has 0 fully saturated rings. The highest BCUT2D eigenvalue weighted by atomic mass is 16.2. The number of rotatable bonds is 8. The number of hydrogen-bond donors (Lipinski definition) is 1. The second-order valence-corrected chi connectivity index (χ2v) is 5.60. The summed E-state index contributed by atoms with van der Waals surface area (Å²) >= 11 is 0. The number of urea groups is 1. The molecule has 1 N–H and O–H groups in total.